The molecule has 0 unspecified atom stereocenters. The van der Waals surface area contributed by atoms with Gasteiger partial charge in [0.05, 0.1) is 4.90 Å². The second-order valence-corrected chi connectivity index (χ2v) is 5.46. The van der Waals surface area contributed by atoms with Crippen molar-refractivity contribution in [3.05, 3.63) is 30.3 Å². The summed E-state index contributed by atoms with van der Waals surface area (Å²) in [6, 6.07) is 7.84. The number of sulfonamides is 1. The number of benzene rings is 1. The molecular weight excluding hydrogens is 270 g/mol. The van der Waals surface area contributed by atoms with E-state index in [2.05, 4.69) is 15.6 Å². The Balaban J connectivity index is 2.41. The van der Waals surface area contributed by atoms with Crippen LogP contribution in [-0.2, 0) is 19.6 Å². The van der Waals surface area contributed by atoms with E-state index in [4.69, 9.17) is 0 Å². The molecule has 0 atom stereocenters. The van der Waals surface area contributed by atoms with E-state index < -0.39 is 21.8 Å². The minimum Gasteiger partial charge on any atom is -0.274 e. The fourth-order valence-corrected chi connectivity index (χ4v) is 2.26. The molecule has 3 N–H and O–H groups in total. The van der Waals surface area contributed by atoms with Crippen LogP contribution in [0, 0.1) is 0 Å². The number of hydrogen-bond donors (Lipinski definition) is 3. The third-order valence-corrected chi connectivity index (χ3v) is 3.55. The van der Waals surface area contributed by atoms with Gasteiger partial charge < -0.3 is 0 Å². The van der Waals surface area contributed by atoms with Crippen LogP contribution in [-0.4, -0.2) is 26.8 Å². The van der Waals surface area contributed by atoms with Gasteiger partial charge in [-0.3, -0.25) is 20.4 Å². The van der Waals surface area contributed by atoms with E-state index in [0.29, 0.717) is 0 Å². The predicted octanol–water partition coefficient (Wildman–Crippen LogP) is -0.478. The van der Waals surface area contributed by atoms with Crippen LogP contribution >= 0.6 is 0 Å². The zero-order valence-electron chi connectivity index (χ0n) is 10.3. The summed E-state index contributed by atoms with van der Waals surface area (Å²) < 4.78 is 25.8. The Labute approximate surface area is 111 Å². The van der Waals surface area contributed by atoms with E-state index in [1.165, 1.54) is 19.1 Å². The largest absolute Gasteiger partial charge is 0.274 e. The van der Waals surface area contributed by atoms with Crippen molar-refractivity contribution in [2.24, 2.45) is 0 Å². The maximum atomic E-state index is 11.8. The highest BCUT2D eigenvalue weighted by atomic mass is 32.2. The Bertz CT molecular complexity index is 542. The average Bonchev–Trinajstić information content (AvgIpc) is 2.37. The SMILES string of the molecule is CC(=O)NNC(=O)CCNS(=O)(=O)c1ccccc1. The van der Waals surface area contributed by atoms with Crippen molar-refractivity contribution in [2.75, 3.05) is 6.54 Å². The Kier molecular flexibility index (Phi) is 5.46. The molecule has 0 saturated heterocycles. The van der Waals surface area contributed by atoms with Crippen molar-refractivity contribution < 1.29 is 18.0 Å². The number of nitrogens with one attached hydrogen (secondary N) is 3. The summed E-state index contributed by atoms with van der Waals surface area (Å²) in [5, 5.41) is 0. The van der Waals surface area contributed by atoms with Gasteiger partial charge in [0.15, 0.2) is 0 Å². The van der Waals surface area contributed by atoms with Crippen LogP contribution in [0.4, 0.5) is 0 Å². The van der Waals surface area contributed by atoms with Gasteiger partial charge in [-0.2, -0.15) is 0 Å². The molecule has 0 aliphatic rings. The second kappa shape index (κ2) is 6.86. The van der Waals surface area contributed by atoms with Crippen molar-refractivity contribution in [1.82, 2.24) is 15.6 Å². The second-order valence-electron chi connectivity index (χ2n) is 3.69. The first-order chi connectivity index (χ1) is 8.92. The molecule has 0 aliphatic carbocycles. The molecule has 0 fully saturated rings. The molecule has 1 aromatic carbocycles. The molecule has 1 aromatic rings. The maximum Gasteiger partial charge on any atom is 0.240 e. The van der Waals surface area contributed by atoms with E-state index in [0.717, 1.165) is 0 Å². The fraction of sp³-hybridized carbons (Fsp3) is 0.273. The molecule has 0 saturated carbocycles. The van der Waals surface area contributed by atoms with E-state index >= 15 is 0 Å². The number of carbonyl (C=O) groups excluding carboxylic acids is 2. The van der Waals surface area contributed by atoms with Crippen LogP contribution in [0.2, 0.25) is 0 Å². The molecule has 8 heteroatoms. The van der Waals surface area contributed by atoms with Crippen LogP contribution in [0.5, 0.6) is 0 Å². The summed E-state index contributed by atoms with van der Waals surface area (Å²) in [7, 11) is -3.60. The highest BCUT2D eigenvalue weighted by molar-refractivity contribution is 7.89. The van der Waals surface area contributed by atoms with Gasteiger partial charge in [-0.05, 0) is 12.1 Å². The Morgan fingerprint density at radius 1 is 1.11 bits per heavy atom. The minimum absolute atomic E-state index is 0.0529. The first-order valence-electron chi connectivity index (χ1n) is 5.52. The monoisotopic (exact) mass is 285 g/mol. The van der Waals surface area contributed by atoms with Crippen molar-refractivity contribution >= 4 is 21.8 Å². The summed E-state index contributed by atoms with van der Waals surface area (Å²) in [6.07, 6.45) is -0.0770. The van der Waals surface area contributed by atoms with E-state index in [-0.39, 0.29) is 17.9 Å². The normalized spacial score (nSPS) is 10.8. The summed E-state index contributed by atoms with van der Waals surface area (Å²) in [4.78, 5) is 21.9. The molecule has 2 amide bonds. The van der Waals surface area contributed by atoms with Crippen LogP contribution in [0.1, 0.15) is 13.3 Å². The molecular formula is C11H15N3O4S. The van der Waals surface area contributed by atoms with Crippen molar-refractivity contribution in [3.63, 3.8) is 0 Å². The maximum absolute atomic E-state index is 11.8. The molecule has 1 rings (SSSR count). The molecule has 0 bridgehead atoms. The van der Waals surface area contributed by atoms with Gasteiger partial charge in [0.25, 0.3) is 0 Å². The molecule has 0 heterocycles. The van der Waals surface area contributed by atoms with Crippen molar-refractivity contribution in [3.8, 4) is 0 Å². The number of hydrazine groups is 1. The third kappa shape index (κ3) is 5.49. The minimum atomic E-state index is -3.60. The molecule has 0 spiro atoms. The van der Waals surface area contributed by atoms with Crippen molar-refractivity contribution in [2.45, 2.75) is 18.2 Å². The number of amides is 2. The van der Waals surface area contributed by atoms with Gasteiger partial charge in [0.2, 0.25) is 21.8 Å². The van der Waals surface area contributed by atoms with Gasteiger partial charge in [-0.25, -0.2) is 13.1 Å². The van der Waals surface area contributed by atoms with Crippen LogP contribution < -0.4 is 15.6 Å². The summed E-state index contributed by atoms with van der Waals surface area (Å²) in [5.41, 5.74) is 4.24. The van der Waals surface area contributed by atoms with Gasteiger partial charge in [-0.1, -0.05) is 18.2 Å². The topological polar surface area (TPSA) is 104 Å². The summed E-state index contributed by atoms with van der Waals surface area (Å²) in [5.74, 6) is -0.885. The van der Waals surface area contributed by atoms with Gasteiger partial charge in [0, 0.05) is 19.9 Å². The zero-order chi connectivity index (χ0) is 14.3. The van der Waals surface area contributed by atoms with E-state index in [9.17, 15) is 18.0 Å². The lowest BCUT2D eigenvalue weighted by molar-refractivity contribution is -0.127. The van der Waals surface area contributed by atoms with Crippen LogP contribution in [0.25, 0.3) is 0 Å². The smallest absolute Gasteiger partial charge is 0.240 e. The Hall–Kier alpha value is -1.93. The highest BCUT2D eigenvalue weighted by Gasteiger charge is 2.13. The molecule has 104 valence electrons. The molecule has 7 nitrogen and oxygen atoms in total. The number of rotatable bonds is 5. The van der Waals surface area contributed by atoms with Crippen LogP contribution in [0.3, 0.4) is 0 Å². The molecule has 0 radical (unpaired) electrons. The first-order valence-corrected chi connectivity index (χ1v) is 7.00. The quantitative estimate of drug-likeness (QED) is 0.636. The van der Waals surface area contributed by atoms with Gasteiger partial charge in [0.1, 0.15) is 0 Å². The molecule has 0 aliphatic heterocycles. The molecule has 0 aromatic heterocycles. The fourth-order valence-electron chi connectivity index (χ4n) is 1.20. The summed E-state index contributed by atoms with van der Waals surface area (Å²) in [6.45, 7) is 1.20. The predicted molar refractivity (Wildman–Crippen MR) is 68.2 cm³/mol. The average molecular weight is 285 g/mol. The summed E-state index contributed by atoms with van der Waals surface area (Å²) >= 11 is 0. The lowest BCUT2D eigenvalue weighted by atomic mass is 10.4. The number of hydrogen-bond acceptors (Lipinski definition) is 4. The van der Waals surface area contributed by atoms with Gasteiger partial charge >= 0.3 is 0 Å². The van der Waals surface area contributed by atoms with Crippen molar-refractivity contribution in [1.29, 1.82) is 0 Å². The highest BCUT2D eigenvalue weighted by Crippen LogP contribution is 2.06. The zero-order valence-corrected chi connectivity index (χ0v) is 11.2. The molecule has 19 heavy (non-hydrogen) atoms. The van der Waals surface area contributed by atoms with E-state index in [1.54, 1.807) is 18.2 Å². The lowest BCUT2D eigenvalue weighted by Gasteiger charge is -2.07. The number of carbonyl (C=O) groups is 2. The third-order valence-electron chi connectivity index (χ3n) is 2.08. The van der Waals surface area contributed by atoms with E-state index in [1.807, 2.05) is 0 Å². The van der Waals surface area contributed by atoms with Gasteiger partial charge in [-0.15, -0.1) is 0 Å². The Morgan fingerprint density at radius 2 is 1.74 bits per heavy atom. The Morgan fingerprint density at radius 3 is 2.32 bits per heavy atom. The lowest BCUT2D eigenvalue weighted by Crippen LogP contribution is -2.41. The first kappa shape index (κ1) is 15.1. The van der Waals surface area contributed by atoms with Crippen LogP contribution in [0.15, 0.2) is 35.2 Å². The standard InChI is InChI=1S/C11H15N3O4S/c1-9(15)13-14-11(16)7-8-12-19(17,18)10-5-3-2-4-6-10/h2-6,12H,7-8H2,1H3,(H,13,15)(H,14,16).